The largest absolute Gasteiger partial charge is 0.389 e. The van der Waals surface area contributed by atoms with Gasteiger partial charge in [-0.15, -0.1) is 0 Å². The van der Waals surface area contributed by atoms with Crippen LogP contribution in [0, 0.1) is 19.8 Å². The predicted octanol–water partition coefficient (Wildman–Crippen LogP) is 3.57. The van der Waals surface area contributed by atoms with Crippen LogP contribution in [-0.4, -0.2) is 16.0 Å². The molecular formula is C15H25N3S. The molecule has 0 amide bonds. The molecule has 1 aromatic rings. The molecule has 0 aliphatic heterocycles. The summed E-state index contributed by atoms with van der Waals surface area (Å²) < 4.78 is 0. The van der Waals surface area contributed by atoms with Gasteiger partial charge in [-0.25, -0.2) is 4.98 Å². The number of pyridine rings is 1. The predicted molar refractivity (Wildman–Crippen MR) is 86.8 cm³/mol. The maximum absolute atomic E-state index is 5.81. The molecule has 1 atom stereocenters. The number of aryl methyl sites for hydroxylation is 2. The molecule has 0 aromatic carbocycles. The van der Waals surface area contributed by atoms with E-state index in [1.807, 2.05) is 19.9 Å². The zero-order valence-electron chi connectivity index (χ0n) is 12.6. The van der Waals surface area contributed by atoms with Gasteiger partial charge in [0.25, 0.3) is 0 Å². The molecule has 3 nitrogen and oxygen atoms in total. The molecule has 0 saturated heterocycles. The van der Waals surface area contributed by atoms with Crippen LogP contribution in [0.15, 0.2) is 6.07 Å². The lowest BCUT2D eigenvalue weighted by Gasteiger charge is -2.19. The van der Waals surface area contributed by atoms with Crippen molar-refractivity contribution in [2.75, 3.05) is 5.32 Å². The smallest absolute Gasteiger partial charge is 0.136 e. The monoisotopic (exact) mass is 279 g/mol. The van der Waals surface area contributed by atoms with Gasteiger partial charge in [-0.2, -0.15) is 0 Å². The van der Waals surface area contributed by atoms with Crippen LogP contribution >= 0.6 is 12.2 Å². The van der Waals surface area contributed by atoms with Crippen LogP contribution in [0.3, 0.4) is 0 Å². The first-order chi connectivity index (χ1) is 8.81. The van der Waals surface area contributed by atoms with Crippen LogP contribution in [0.5, 0.6) is 0 Å². The maximum Gasteiger partial charge on any atom is 0.136 e. The SMILES string of the molecule is Cc1cc(C)c(C(N)=S)c(NC(C)CCC(C)C)n1. The number of thiocarbonyl (C=S) groups is 1. The number of nitrogens with zero attached hydrogens (tertiary/aromatic N) is 1. The van der Waals surface area contributed by atoms with E-state index in [0.29, 0.717) is 16.9 Å². The highest BCUT2D eigenvalue weighted by molar-refractivity contribution is 7.80. The third-order valence-electron chi connectivity index (χ3n) is 3.15. The minimum atomic E-state index is 0.365. The van der Waals surface area contributed by atoms with Gasteiger partial charge in [0.15, 0.2) is 0 Å². The van der Waals surface area contributed by atoms with E-state index in [4.69, 9.17) is 18.0 Å². The third kappa shape index (κ3) is 4.78. The standard InChI is InChI=1S/C15H25N3S/c1-9(2)6-7-11(4)17-15-13(14(16)19)10(3)8-12(5)18-15/h8-9,11H,6-7H2,1-5H3,(H2,16,19)(H,17,18). The Labute approximate surface area is 122 Å². The van der Waals surface area contributed by atoms with Crippen molar-refractivity contribution in [1.82, 2.24) is 4.98 Å². The Balaban J connectivity index is 2.90. The second-order valence-corrected chi connectivity index (χ2v) is 6.12. The summed E-state index contributed by atoms with van der Waals surface area (Å²) in [6.45, 7) is 10.7. The fourth-order valence-electron chi connectivity index (χ4n) is 2.14. The Morgan fingerprint density at radius 2 is 1.95 bits per heavy atom. The van der Waals surface area contributed by atoms with Gasteiger partial charge in [-0.1, -0.05) is 26.1 Å². The lowest BCUT2D eigenvalue weighted by molar-refractivity contribution is 0.527. The molecule has 0 radical (unpaired) electrons. The molecule has 0 aliphatic rings. The summed E-state index contributed by atoms with van der Waals surface area (Å²) in [4.78, 5) is 4.95. The molecule has 1 unspecified atom stereocenters. The van der Waals surface area contributed by atoms with Gasteiger partial charge in [0.05, 0.1) is 5.56 Å². The number of hydrogen-bond acceptors (Lipinski definition) is 3. The number of nitrogens with two attached hydrogens (primary N) is 1. The van der Waals surface area contributed by atoms with Crippen molar-refractivity contribution in [3.63, 3.8) is 0 Å². The summed E-state index contributed by atoms with van der Waals surface area (Å²) in [5.74, 6) is 1.53. The lowest BCUT2D eigenvalue weighted by Crippen LogP contribution is -2.22. The molecule has 1 rings (SSSR count). The first-order valence-corrected chi connectivity index (χ1v) is 7.26. The van der Waals surface area contributed by atoms with E-state index in [2.05, 4.69) is 31.1 Å². The maximum atomic E-state index is 5.81. The Morgan fingerprint density at radius 1 is 1.32 bits per heavy atom. The van der Waals surface area contributed by atoms with Crippen LogP contribution in [0.4, 0.5) is 5.82 Å². The topological polar surface area (TPSA) is 50.9 Å². The summed E-state index contributed by atoms with van der Waals surface area (Å²) in [5.41, 5.74) is 8.75. The van der Waals surface area contributed by atoms with E-state index >= 15 is 0 Å². The van der Waals surface area contributed by atoms with Crippen LogP contribution in [-0.2, 0) is 0 Å². The molecule has 19 heavy (non-hydrogen) atoms. The first-order valence-electron chi connectivity index (χ1n) is 6.85. The zero-order chi connectivity index (χ0) is 14.6. The Morgan fingerprint density at radius 3 is 2.47 bits per heavy atom. The molecule has 1 aromatic heterocycles. The van der Waals surface area contributed by atoms with Gasteiger partial charge in [-0.05, 0) is 51.2 Å². The minimum absolute atomic E-state index is 0.365. The summed E-state index contributed by atoms with van der Waals surface area (Å²) in [5, 5.41) is 3.45. The van der Waals surface area contributed by atoms with Gasteiger partial charge in [-0.3, -0.25) is 0 Å². The molecule has 1 heterocycles. The van der Waals surface area contributed by atoms with E-state index in [-0.39, 0.29) is 0 Å². The lowest BCUT2D eigenvalue weighted by atomic mass is 10.0. The quantitative estimate of drug-likeness (QED) is 0.782. The van der Waals surface area contributed by atoms with E-state index in [9.17, 15) is 0 Å². The van der Waals surface area contributed by atoms with Crippen molar-refractivity contribution in [1.29, 1.82) is 0 Å². The fourth-order valence-corrected chi connectivity index (χ4v) is 2.40. The van der Waals surface area contributed by atoms with E-state index < -0.39 is 0 Å². The summed E-state index contributed by atoms with van der Waals surface area (Å²) in [7, 11) is 0. The molecule has 0 spiro atoms. The summed E-state index contributed by atoms with van der Waals surface area (Å²) in [6.07, 6.45) is 2.31. The fraction of sp³-hybridized carbons (Fsp3) is 0.600. The number of rotatable bonds is 6. The molecule has 0 bridgehead atoms. The third-order valence-corrected chi connectivity index (χ3v) is 3.36. The highest BCUT2D eigenvalue weighted by Gasteiger charge is 2.13. The summed E-state index contributed by atoms with van der Waals surface area (Å²) in [6, 6.07) is 2.38. The van der Waals surface area contributed by atoms with Crippen molar-refractivity contribution in [2.24, 2.45) is 11.7 Å². The normalized spacial score (nSPS) is 12.5. The van der Waals surface area contributed by atoms with E-state index in [1.54, 1.807) is 0 Å². The Hall–Kier alpha value is -1.16. The molecule has 0 aliphatic carbocycles. The molecule has 0 saturated carbocycles. The van der Waals surface area contributed by atoms with Crippen LogP contribution in [0.1, 0.15) is 50.4 Å². The van der Waals surface area contributed by atoms with Crippen LogP contribution < -0.4 is 11.1 Å². The van der Waals surface area contributed by atoms with E-state index in [1.165, 1.54) is 6.42 Å². The molecule has 3 N–H and O–H groups in total. The van der Waals surface area contributed by atoms with Crippen molar-refractivity contribution in [2.45, 2.75) is 53.5 Å². The van der Waals surface area contributed by atoms with Crippen LogP contribution in [0.25, 0.3) is 0 Å². The highest BCUT2D eigenvalue weighted by atomic mass is 32.1. The van der Waals surface area contributed by atoms with Gasteiger partial charge in [0.1, 0.15) is 10.8 Å². The second kappa shape index (κ2) is 6.85. The van der Waals surface area contributed by atoms with Gasteiger partial charge in [0.2, 0.25) is 0 Å². The molecule has 106 valence electrons. The molecular weight excluding hydrogens is 254 g/mol. The average Bonchev–Trinajstić information content (AvgIpc) is 2.24. The van der Waals surface area contributed by atoms with Crippen molar-refractivity contribution in [3.05, 3.63) is 22.9 Å². The van der Waals surface area contributed by atoms with E-state index in [0.717, 1.165) is 29.1 Å². The van der Waals surface area contributed by atoms with Crippen molar-refractivity contribution in [3.8, 4) is 0 Å². The number of anilines is 1. The molecule has 0 fully saturated rings. The minimum Gasteiger partial charge on any atom is -0.389 e. The van der Waals surface area contributed by atoms with Crippen molar-refractivity contribution < 1.29 is 0 Å². The number of nitrogens with one attached hydrogen (secondary N) is 1. The zero-order valence-corrected chi connectivity index (χ0v) is 13.4. The highest BCUT2D eigenvalue weighted by Crippen LogP contribution is 2.20. The summed E-state index contributed by atoms with van der Waals surface area (Å²) >= 11 is 5.14. The Kier molecular flexibility index (Phi) is 5.73. The van der Waals surface area contributed by atoms with Crippen molar-refractivity contribution >= 4 is 23.0 Å². The number of hydrogen-bond donors (Lipinski definition) is 2. The average molecular weight is 279 g/mol. The van der Waals surface area contributed by atoms with Crippen LogP contribution in [0.2, 0.25) is 0 Å². The number of aromatic nitrogens is 1. The van der Waals surface area contributed by atoms with Gasteiger partial charge >= 0.3 is 0 Å². The van der Waals surface area contributed by atoms with Gasteiger partial charge < -0.3 is 11.1 Å². The second-order valence-electron chi connectivity index (χ2n) is 5.68. The molecule has 4 heteroatoms. The first kappa shape index (κ1) is 15.9. The Bertz CT molecular complexity index is 455. The van der Waals surface area contributed by atoms with Gasteiger partial charge in [0, 0.05) is 11.7 Å².